The summed E-state index contributed by atoms with van der Waals surface area (Å²) in [5, 5.41) is 40.4. The predicted molar refractivity (Wildman–Crippen MR) is 107 cm³/mol. The molecule has 30 heavy (non-hydrogen) atoms. The molecule has 2 aliphatic heterocycles. The lowest BCUT2D eigenvalue weighted by molar-refractivity contribution is -0.231. The first-order valence-electron chi connectivity index (χ1n) is 9.65. The van der Waals surface area contributed by atoms with Crippen molar-refractivity contribution >= 4 is 17.3 Å². The monoisotopic (exact) mass is 439 g/mol. The first-order valence-corrected chi connectivity index (χ1v) is 10.0. The van der Waals surface area contributed by atoms with Gasteiger partial charge in [0.1, 0.15) is 48.7 Å². The minimum atomic E-state index is -1.46. The second-order valence-electron chi connectivity index (χ2n) is 7.48. The van der Waals surface area contributed by atoms with E-state index in [0.29, 0.717) is 47.3 Å². The first-order chi connectivity index (χ1) is 14.4. The normalized spacial score (nSPS) is 28.7. The fourth-order valence-corrected chi connectivity index (χ4v) is 4.06. The smallest absolute Gasteiger partial charge is 0.142 e. The van der Waals surface area contributed by atoms with Gasteiger partial charge < -0.3 is 34.8 Å². The molecule has 9 heteroatoms. The van der Waals surface area contributed by atoms with Crippen molar-refractivity contribution < 1.29 is 34.3 Å². The van der Waals surface area contributed by atoms with Crippen LogP contribution in [-0.2, 0) is 11.3 Å². The molecule has 4 rings (SSSR count). The Labute approximate surface area is 177 Å². The third-order valence-electron chi connectivity index (χ3n) is 5.53. The number of hydrogen-bond donors (Lipinski definition) is 4. The van der Waals surface area contributed by atoms with Crippen LogP contribution in [0.2, 0.25) is 5.02 Å². The molecule has 0 unspecified atom stereocenters. The molecule has 162 valence electrons. The first kappa shape index (κ1) is 21.3. The van der Waals surface area contributed by atoms with Crippen LogP contribution in [0, 0.1) is 5.82 Å². The Balaban J connectivity index is 1.64. The molecule has 0 spiro atoms. The van der Waals surface area contributed by atoms with Crippen molar-refractivity contribution in [3.8, 4) is 5.75 Å². The molecule has 2 heterocycles. The summed E-state index contributed by atoms with van der Waals surface area (Å²) in [5.74, 6) is 0.236. The molecule has 1 saturated heterocycles. The summed E-state index contributed by atoms with van der Waals surface area (Å²) in [6.07, 6.45) is -6.21. The van der Waals surface area contributed by atoms with E-state index in [2.05, 4.69) is 0 Å². The topological polar surface area (TPSA) is 103 Å². The molecule has 4 N–H and O–H groups in total. The van der Waals surface area contributed by atoms with Gasteiger partial charge in [-0.2, -0.15) is 0 Å². The molecule has 0 saturated carbocycles. The van der Waals surface area contributed by atoms with Gasteiger partial charge in [-0.15, -0.1) is 0 Å². The third-order valence-corrected chi connectivity index (χ3v) is 5.90. The second kappa shape index (κ2) is 8.66. The number of benzene rings is 2. The molecule has 2 aliphatic rings. The van der Waals surface area contributed by atoms with E-state index in [-0.39, 0.29) is 5.82 Å². The summed E-state index contributed by atoms with van der Waals surface area (Å²) >= 11 is 6.22. The highest BCUT2D eigenvalue weighted by molar-refractivity contribution is 6.31. The van der Waals surface area contributed by atoms with E-state index in [9.17, 15) is 24.8 Å². The van der Waals surface area contributed by atoms with Crippen molar-refractivity contribution in [1.82, 2.24) is 0 Å². The van der Waals surface area contributed by atoms with E-state index in [1.165, 1.54) is 18.2 Å². The summed E-state index contributed by atoms with van der Waals surface area (Å²) in [5.41, 5.74) is 1.88. The maximum absolute atomic E-state index is 13.7. The minimum Gasteiger partial charge on any atom is -0.490 e. The van der Waals surface area contributed by atoms with Gasteiger partial charge in [-0.25, -0.2) is 4.39 Å². The second-order valence-corrected chi connectivity index (χ2v) is 7.89. The van der Waals surface area contributed by atoms with Gasteiger partial charge in [-0.1, -0.05) is 17.7 Å². The number of halogens is 2. The van der Waals surface area contributed by atoms with Gasteiger partial charge in [-0.3, -0.25) is 0 Å². The van der Waals surface area contributed by atoms with Crippen LogP contribution < -0.4 is 9.64 Å². The summed E-state index contributed by atoms with van der Waals surface area (Å²) in [6, 6.07) is 9.39. The van der Waals surface area contributed by atoms with Crippen LogP contribution in [-0.4, -0.2) is 64.6 Å². The van der Waals surface area contributed by atoms with Crippen LogP contribution in [0.15, 0.2) is 36.4 Å². The molecular weight excluding hydrogens is 417 g/mol. The number of aliphatic hydroxyl groups is 4. The standard InChI is InChI=1S/C21H23ClFNO6/c22-14-3-2-13(23)7-12(14)9-24-5-6-29-16-4-1-11(8-15(16)24)21-20(28)19(27)18(26)17(10-25)30-21/h1-4,7-8,17-21,25-28H,5-6,9-10H2/t17-,18-,19+,20-,21+/m1/s1. The summed E-state index contributed by atoms with van der Waals surface area (Å²) in [6.45, 7) is 0.835. The van der Waals surface area contributed by atoms with Crippen molar-refractivity contribution in [2.75, 3.05) is 24.7 Å². The molecule has 0 bridgehead atoms. The Morgan fingerprint density at radius 2 is 1.87 bits per heavy atom. The molecule has 0 radical (unpaired) electrons. The van der Waals surface area contributed by atoms with Gasteiger partial charge in [0.05, 0.1) is 18.8 Å². The number of aliphatic hydroxyl groups excluding tert-OH is 4. The highest BCUT2D eigenvalue weighted by atomic mass is 35.5. The molecule has 0 amide bonds. The molecule has 2 aromatic carbocycles. The maximum Gasteiger partial charge on any atom is 0.142 e. The molecule has 5 atom stereocenters. The number of rotatable bonds is 4. The van der Waals surface area contributed by atoms with Gasteiger partial charge in [-0.05, 0) is 41.5 Å². The Hall–Kier alpha value is -1.94. The molecular formula is C21H23ClFNO6. The van der Waals surface area contributed by atoms with Crippen molar-refractivity contribution in [2.45, 2.75) is 37.1 Å². The average Bonchev–Trinajstić information content (AvgIpc) is 2.75. The molecule has 1 fully saturated rings. The van der Waals surface area contributed by atoms with E-state index in [4.69, 9.17) is 21.1 Å². The van der Waals surface area contributed by atoms with E-state index in [1.807, 2.05) is 4.90 Å². The Morgan fingerprint density at radius 3 is 2.63 bits per heavy atom. The quantitative estimate of drug-likeness (QED) is 0.571. The lowest BCUT2D eigenvalue weighted by atomic mass is 9.91. The van der Waals surface area contributed by atoms with Crippen LogP contribution >= 0.6 is 11.6 Å². The van der Waals surface area contributed by atoms with Crippen molar-refractivity contribution in [2.24, 2.45) is 0 Å². The van der Waals surface area contributed by atoms with Crippen LogP contribution in [0.5, 0.6) is 5.75 Å². The van der Waals surface area contributed by atoms with Crippen LogP contribution in [0.25, 0.3) is 0 Å². The van der Waals surface area contributed by atoms with Crippen molar-refractivity contribution in [3.05, 3.63) is 58.4 Å². The van der Waals surface area contributed by atoms with Gasteiger partial charge in [0, 0.05) is 11.6 Å². The largest absolute Gasteiger partial charge is 0.490 e. The average molecular weight is 440 g/mol. The highest BCUT2D eigenvalue weighted by Gasteiger charge is 2.44. The number of nitrogens with zero attached hydrogens (tertiary/aromatic N) is 1. The van der Waals surface area contributed by atoms with E-state index >= 15 is 0 Å². The summed E-state index contributed by atoms with van der Waals surface area (Å²) < 4.78 is 25.0. The van der Waals surface area contributed by atoms with Crippen LogP contribution in [0.3, 0.4) is 0 Å². The van der Waals surface area contributed by atoms with Gasteiger partial charge in [0.25, 0.3) is 0 Å². The SMILES string of the molecule is OC[C@H]1O[C@@H](c2ccc3c(c2)N(Cc2cc(F)ccc2Cl)CCO3)[C@H](O)[C@@H](O)[C@@H]1O. The molecule has 2 aromatic rings. The number of hydrogen-bond acceptors (Lipinski definition) is 7. The molecule has 7 nitrogen and oxygen atoms in total. The minimum absolute atomic E-state index is 0.352. The van der Waals surface area contributed by atoms with Gasteiger partial charge in [0.2, 0.25) is 0 Å². The third kappa shape index (κ3) is 3.99. The Kier molecular flexibility index (Phi) is 6.15. The number of anilines is 1. The van der Waals surface area contributed by atoms with Crippen LogP contribution in [0.1, 0.15) is 17.2 Å². The van der Waals surface area contributed by atoms with Crippen molar-refractivity contribution in [1.29, 1.82) is 0 Å². The maximum atomic E-state index is 13.7. The summed E-state index contributed by atoms with van der Waals surface area (Å²) in [7, 11) is 0. The Bertz CT molecular complexity index is 913. The zero-order valence-electron chi connectivity index (χ0n) is 16.0. The number of ether oxygens (including phenoxy) is 2. The number of fused-ring (bicyclic) bond motifs is 1. The molecule has 0 aromatic heterocycles. The van der Waals surface area contributed by atoms with Crippen LogP contribution in [0.4, 0.5) is 10.1 Å². The fraction of sp³-hybridized carbons (Fsp3) is 0.429. The van der Waals surface area contributed by atoms with Gasteiger partial charge >= 0.3 is 0 Å². The van der Waals surface area contributed by atoms with Gasteiger partial charge in [0.15, 0.2) is 0 Å². The lowest BCUT2D eigenvalue weighted by Gasteiger charge is -2.40. The van der Waals surface area contributed by atoms with E-state index < -0.39 is 37.1 Å². The lowest BCUT2D eigenvalue weighted by Crippen LogP contribution is -2.55. The zero-order chi connectivity index (χ0) is 21.4. The highest BCUT2D eigenvalue weighted by Crippen LogP contribution is 2.39. The molecule has 0 aliphatic carbocycles. The van der Waals surface area contributed by atoms with E-state index in [0.717, 1.165) is 0 Å². The predicted octanol–water partition coefficient (Wildman–Crippen LogP) is 1.39. The summed E-state index contributed by atoms with van der Waals surface area (Å²) in [4.78, 5) is 1.98. The van der Waals surface area contributed by atoms with Crippen molar-refractivity contribution in [3.63, 3.8) is 0 Å². The van der Waals surface area contributed by atoms with E-state index in [1.54, 1.807) is 18.2 Å². The zero-order valence-corrected chi connectivity index (χ0v) is 16.7. The Morgan fingerprint density at radius 1 is 1.07 bits per heavy atom. The fourth-order valence-electron chi connectivity index (χ4n) is 3.88.